The molecule has 3 heteroatoms. The molecule has 0 aliphatic heterocycles. The summed E-state index contributed by atoms with van der Waals surface area (Å²) < 4.78 is 0. The zero-order valence-electron chi connectivity index (χ0n) is 11.8. The Kier molecular flexibility index (Phi) is 4.53. The quantitative estimate of drug-likeness (QED) is 0.896. The molecule has 0 bridgehead atoms. The van der Waals surface area contributed by atoms with Gasteiger partial charge in [0.15, 0.2) is 0 Å². The number of carbonyl (C=O) groups is 1. The lowest BCUT2D eigenvalue weighted by Crippen LogP contribution is -2.35. The average Bonchev–Trinajstić information content (AvgIpc) is 2.48. The van der Waals surface area contributed by atoms with Gasteiger partial charge >= 0.3 is 0 Å². The number of carbonyl (C=O) groups excluding carboxylic acids is 1. The predicted octanol–water partition coefficient (Wildman–Crippen LogP) is 2.87. The van der Waals surface area contributed by atoms with Crippen LogP contribution in [0.25, 0.3) is 0 Å². The van der Waals surface area contributed by atoms with E-state index in [0.717, 1.165) is 16.7 Å². The van der Waals surface area contributed by atoms with Gasteiger partial charge in [-0.05, 0) is 25.0 Å². The first kappa shape index (κ1) is 14.3. The number of hydrogen-bond acceptors (Lipinski definition) is 2. The maximum Gasteiger partial charge on any atom is 0.241 e. The fraction of sp³-hybridized carbons (Fsp3) is 0.235. The lowest BCUT2D eigenvalue weighted by Gasteiger charge is -2.18. The summed E-state index contributed by atoms with van der Waals surface area (Å²) in [5.74, 6) is -0.162. The molecule has 0 heterocycles. The molecule has 3 N–H and O–H groups in total. The molecule has 3 nitrogen and oxygen atoms in total. The Labute approximate surface area is 119 Å². The van der Waals surface area contributed by atoms with Crippen molar-refractivity contribution in [3.8, 4) is 0 Å². The third-order valence-corrected chi connectivity index (χ3v) is 3.38. The van der Waals surface area contributed by atoms with E-state index in [1.165, 1.54) is 0 Å². The number of nitrogens with one attached hydrogen (secondary N) is 1. The normalized spacial score (nSPS) is 13.6. The van der Waals surface area contributed by atoms with E-state index in [2.05, 4.69) is 5.32 Å². The van der Waals surface area contributed by atoms with Gasteiger partial charge in [-0.15, -0.1) is 0 Å². The van der Waals surface area contributed by atoms with Crippen LogP contribution in [0.15, 0.2) is 54.6 Å². The molecule has 0 radical (unpaired) electrons. The lowest BCUT2D eigenvalue weighted by atomic mass is 10.0. The smallest absolute Gasteiger partial charge is 0.241 e. The fourth-order valence-corrected chi connectivity index (χ4v) is 2.05. The monoisotopic (exact) mass is 268 g/mol. The van der Waals surface area contributed by atoms with Crippen molar-refractivity contribution in [2.24, 2.45) is 5.73 Å². The molecule has 0 saturated heterocycles. The Morgan fingerprint density at radius 2 is 1.60 bits per heavy atom. The predicted molar refractivity (Wildman–Crippen MR) is 81.1 cm³/mol. The second-order valence-electron chi connectivity index (χ2n) is 5.03. The molecule has 0 saturated carbocycles. The first-order valence-electron chi connectivity index (χ1n) is 6.75. The number of aryl methyl sites for hydroxylation is 1. The van der Waals surface area contributed by atoms with Gasteiger partial charge < -0.3 is 11.1 Å². The molecule has 2 aromatic rings. The Hall–Kier alpha value is -2.13. The maximum absolute atomic E-state index is 12.2. The summed E-state index contributed by atoms with van der Waals surface area (Å²) in [6.45, 7) is 3.96. The van der Waals surface area contributed by atoms with Crippen LogP contribution in [0.1, 0.15) is 35.7 Å². The Morgan fingerprint density at radius 3 is 2.20 bits per heavy atom. The highest BCUT2D eigenvalue weighted by atomic mass is 16.2. The van der Waals surface area contributed by atoms with Gasteiger partial charge in [-0.2, -0.15) is 0 Å². The molecule has 20 heavy (non-hydrogen) atoms. The van der Waals surface area contributed by atoms with Gasteiger partial charge in [0, 0.05) is 0 Å². The highest BCUT2D eigenvalue weighted by Crippen LogP contribution is 2.15. The van der Waals surface area contributed by atoms with Gasteiger partial charge in [0.1, 0.15) is 6.04 Å². The molecule has 0 fully saturated rings. The third kappa shape index (κ3) is 3.45. The number of rotatable bonds is 4. The van der Waals surface area contributed by atoms with E-state index in [-0.39, 0.29) is 11.9 Å². The van der Waals surface area contributed by atoms with Gasteiger partial charge in [-0.3, -0.25) is 4.79 Å². The van der Waals surface area contributed by atoms with Crippen molar-refractivity contribution >= 4 is 5.91 Å². The number of benzene rings is 2. The molecule has 2 rings (SSSR count). The zero-order valence-corrected chi connectivity index (χ0v) is 11.8. The first-order chi connectivity index (χ1) is 9.58. The van der Waals surface area contributed by atoms with Crippen molar-refractivity contribution in [2.45, 2.75) is 25.9 Å². The van der Waals surface area contributed by atoms with Gasteiger partial charge in [0.25, 0.3) is 0 Å². The van der Waals surface area contributed by atoms with Crippen LogP contribution in [0, 0.1) is 6.92 Å². The van der Waals surface area contributed by atoms with Crippen LogP contribution in [0.4, 0.5) is 0 Å². The standard InChI is InChI=1S/C17H20N2O/c1-12-8-10-15(11-9-12)16(18)17(20)19-13(2)14-6-4-3-5-7-14/h3-11,13,16H,18H2,1-2H3,(H,19,20). The Morgan fingerprint density at radius 1 is 1.00 bits per heavy atom. The van der Waals surface area contributed by atoms with E-state index in [9.17, 15) is 4.79 Å². The van der Waals surface area contributed by atoms with Crippen molar-refractivity contribution in [3.63, 3.8) is 0 Å². The summed E-state index contributed by atoms with van der Waals surface area (Å²) in [7, 11) is 0. The number of amides is 1. The first-order valence-corrected chi connectivity index (χ1v) is 6.75. The summed E-state index contributed by atoms with van der Waals surface area (Å²) in [6.07, 6.45) is 0. The van der Waals surface area contributed by atoms with E-state index in [4.69, 9.17) is 5.73 Å². The van der Waals surface area contributed by atoms with Gasteiger partial charge in [-0.1, -0.05) is 60.2 Å². The van der Waals surface area contributed by atoms with E-state index in [1.807, 2.05) is 68.4 Å². The molecule has 2 atom stereocenters. The highest BCUT2D eigenvalue weighted by Gasteiger charge is 2.18. The number of nitrogens with two attached hydrogens (primary N) is 1. The molecule has 2 aromatic carbocycles. The van der Waals surface area contributed by atoms with Crippen LogP contribution < -0.4 is 11.1 Å². The minimum atomic E-state index is -0.637. The Bertz CT molecular complexity index is 563. The molecule has 104 valence electrons. The molecule has 0 aliphatic rings. The molecule has 0 spiro atoms. The minimum Gasteiger partial charge on any atom is -0.348 e. The molecular formula is C17H20N2O. The van der Waals surface area contributed by atoms with Crippen molar-refractivity contribution in [1.29, 1.82) is 0 Å². The van der Waals surface area contributed by atoms with Crippen LogP contribution in [-0.4, -0.2) is 5.91 Å². The van der Waals surface area contributed by atoms with Crippen molar-refractivity contribution in [1.82, 2.24) is 5.32 Å². The van der Waals surface area contributed by atoms with Crippen LogP contribution in [0.3, 0.4) is 0 Å². The molecule has 0 aliphatic carbocycles. The molecule has 1 amide bonds. The second-order valence-corrected chi connectivity index (χ2v) is 5.03. The lowest BCUT2D eigenvalue weighted by molar-refractivity contribution is -0.123. The van der Waals surface area contributed by atoms with Gasteiger partial charge in [0.2, 0.25) is 5.91 Å². The minimum absolute atomic E-state index is 0.0554. The van der Waals surface area contributed by atoms with Gasteiger partial charge in [-0.25, -0.2) is 0 Å². The SMILES string of the molecule is Cc1ccc(C(N)C(=O)NC(C)c2ccccc2)cc1. The summed E-state index contributed by atoms with van der Waals surface area (Å²) in [5.41, 5.74) is 9.05. The Balaban J connectivity index is 2.02. The van der Waals surface area contributed by atoms with E-state index in [1.54, 1.807) is 0 Å². The van der Waals surface area contributed by atoms with E-state index >= 15 is 0 Å². The highest BCUT2D eigenvalue weighted by molar-refractivity contribution is 5.83. The van der Waals surface area contributed by atoms with Crippen molar-refractivity contribution in [3.05, 3.63) is 71.3 Å². The van der Waals surface area contributed by atoms with Crippen LogP contribution in [-0.2, 0) is 4.79 Å². The van der Waals surface area contributed by atoms with Crippen LogP contribution >= 0.6 is 0 Å². The topological polar surface area (TPSA) is 55.1 Å². The molecule has 2 unspecified atom stereocenters. The average molecular weight is 268 g/mol. The second kappa shape index (κ2) is 6.35. The van der Waals surface area contributed by atoms with Crippen LogP contribution in [0.2, 0.25) is 0 Å². The van der Waals surface area contributed by atoms with Crippen LogP contribution in [0.5, 0.6) is 0 Å². The van der Waals surface area contributed by atoms with E-state index < -0.39 is 6.04 Å². The van der Waals surface area contributed by atoms with Crippen molar-refractivity contribution < 1.29 is 4.79 Å². The summed E-state index contributed by atoms with van der Waals surface area (Å²) in [4.78, 5) is 12.2. The summed E-state index contributed by atoms with van der Waals surface area (Å²) in [6, 6.07) is 16.9. The van der Waals surface area contributed by atoms with Gasteiger partial charge in [0.05, 0.1) is 6.04 Å². The molecular weight excluding hydrogens is 248 g/mol. The fourth-order valence-electron chi connectivity index (χ4n) is 2.05. The maximum atomic E-state index is 12.2. The molecule has 0 aromatic heterocycles. The van der Waals surface area contributed by atoms with Crippen molar-refractivity contribution in [2.75, 3.05) is 0 Å². The largest absolute Gasteiger partial charge is 0.348 e. The third-order valence-electron chi connectivity index (χ3n) is 3.38. The summed E-state index contributed by atoms with van der Waals surface area (Å²) in [5, 5.41) is 2.95. The summed E-state index contributed by atoms with van der Waals surface area (Å²) >= 11 is 0. The zero-order chi connectivity index (χ0) is 14.5. The number of hydrogen-bond donors (Lipinski definition) is 2. The van der Waals surface area contributed by atoms with E-state index in [0.29, 0.717) is 0 Å².